The molecule has 58 valence electrons. The average Bonchev–Trinajstić information content (AvgIpc) is 1.63. The lowest BCUT2D eigenvalue weighted by Crippen LogP contribution is -2.15. The summed E-state index contributed by atoms with van der Waals surface area (Å²) in [7, 11) is 0. The summed E-state index contributed by atoms with van der Waals surface area (Å²) in [6, 6.07) is 0. The van der Waals surface area contributed by atoms with Crippen LogP contribution in [0, 0.1) is 0 Å². The maximum Gasteiger partial charge on any atom is 0.372 e. The molecule has 1 unspecified atom stereocenters. The Kier molecular flexibility index (Phi) is 6.05. The van der Waals surface area contributed by atoms with Crippen molar-refractivity contribution in [2.45, 2.75) is 13.3 Å². The Balaban J connectivity index is 0. The monoisotopic (exact) mass is 164 g/mol. The number of rotatable bonds is 3. The van der Waals surface area contributed by atoms with Crippen LogP contribution in [0.1, 0.15) is 13.3 Å². The van der Waals surface area contributed by atoms with E-state index in [2.05, 4.69) is 0 Å². The number of aliphatic carboxylic acids is 1. The predicted octanol–water partition coefficient (Wildman–Crippen LogP) is -0.323. The van der Waals surface area contributed by atoms with Crippen molar-refractivity contribution in [1.82, 2.24) is 0 Å². The lowest BCUT2D eigenvalue weighted by Gasteiger charge is -1.86. The Morgan fingerprint density at radius 1 is 1.30 bits per heavy atom. The fraction of sp³-hybridized carbons (Fsp3) is 0.400. The number of carboxylic acid groups (broad SMARTS) is 1. The molecule has 0 rings (SSSR count). The molecule has 0 radical (unpaired) electrons. The van der Waals surface area contributed by atoms with E-state index in [0.717, 1.165) is 0 Å². The number of carboxylic acids is 1. The van der Waals surface area contributed by atoms with E-state index in [1.807, 2.05) is 0 Å². The second-order valence-corrected chi connectivity index (χ2v) is 1.61. The van der Waals surface area contributed by atoms with Crippen molar-refractivity contribution in [3.05, 3.63) is 0 Å². The zero-order valence-electron chi connectivity index (χ0n) is 5.59. The van der Waals surface area contributed by atoms with Gasteiger partial charge in [0, 0.05) is 0 Å². The summed E-state index contributed by atoms with van der Waals surface area (Å²) in [5.74, 6) is -3.03. The van der Waals surface area contributed by atoms with E-state index in [-0.39, 0.29) is 9.90 Å². The van der Waals surface area contributed by atoms with Gasteiger partial charge in [-0.3, -0.25) is 9.59 Å². The first kappa shape index (κ1) is 12.0. The highest BCUT2D eigenvalue weighted by Crippen LogP contribution is 1.83. The smallest absolute Gasteiger partial charge is 0.372 e. The minimum absolute atomic E-state index is 0. The van der Waals surface area contributed by atoms with Gasteiger partial charge in [0.1, 0.15) is 5.78 Å². The summed E-state index contributed by atoms with van der Waals surface area (Å²) in [6.07, 6.45) is -0.505. The van der Waals surface area contributed by atoms with Gasteiger partial charge >= 0.3 is 5.97 Å². The number of ketones is 2. The molecule has 0 aromatic rings. The largest absolute Gasteiger partial charge is 0.475 e. The molecule has 0 aliphatic carbocycles. The Labute approximate surface area is 61.2 Å². The normalized spacial score (nSPS) is 7.70. The molecule has 0 aromatic heterocycles. The maximum atomic E-state index is 10.1. The third-order valence-electron chi connectivity index (χ3n) is 0.648. The zero-order valence-corrected chi connectivity index (χ0v) is 7.00. The Morgan fingerprint density at radius 3 is 1.80 bits per heavy atom. The molecule has 0 heterocycles. The van der Waals surface area contributed by atoms with Gasteiger partial charge in [-0.05, 0) is 6.92 Å². The van der Waals surface area contributed by atoms with E-state index in [9.17, 15) is 14.4 Å². The van der Waals surface area contributed by atoms with Gasteiger partial charge in [-0.25, -0.2) is 4.79 Å². The van der Waals surface area contributed by atoms with Crippen molar-refractivity contribution < 1.29 is 19.5 Å². The van der Waals surface area contributed by atoms with Gasteiger partial charge in [-0.1, -0.05) is 0 Å². The quantitative estimate of drug-likeness (QED) is 0.352. The van der Waals surface area contributed by atoms with Crippen molar-refractivity contribution in [1.29, 1.82) is 0 Å². The van der Waals surface area contributed by atoms with Crippen molar-refractivity contribution in [3.8, 4) is 0 Å². The number of hydrogen-bond donors (Lipinski definition) is 1. The van der Waals surface area contributed by atoms with Crippen molar-refractivity contribution in [3.63, 3.8) is 0 Å². The van der Waals surface area contributed by atoms with Gasteiger partial charge in [0.15, 0.2) is 0 Å². The number of carbonyl (C=O) groups is 3. The van der Waals surface area contributed by atoms with Crippen LogP contribution in [0.3, 0.4) is 0 Å². The molecule has 0 aromatic carbocycles. The van der Waals surface area contributed by atoms with Crippen LogP contribution < -0.4 is 0 Å². The fourth-order valence-electron chi connectivity index (χ4n) is 0.302. The Hall–Kier alpha value is -0.760. The van der Waals surface area contributed by atoms with Gasteiger partial charge in [0.05, 0.1) is 6.42 Å². The van der Waals surface area contributed by atoms with Crippen LogP contribution in [-0.4, -0.2) is 22.6 Å². The van der Waals surface area contributed by atoms with Crippen LogP contribution in [-0.2, 0) is 14.4 Å². The molecule has 0 fully saturated rings. The van der Waals surface area contributed by atoms with Crippen LogP contribution in [0.25, 0.3) is 0 Å². The lowest BCUT2D eigenvalue weighted by atomic mass is 10.2. The molecule has 0 aliphatic rings. The maximum absolute atomic E-state index is 10.1. The summed E-state index contributed by atoms with van der Waals surface area (Å²) in [4.78, 5) is 29.9. The zero-order chi connectivity index (χ0) is 7.44. The van der Waals surface area contributed by atoms with E-state index < -0.39 is 24.0 Å². The predicted molar refractivity (Wildman–Crippen MR) is 39.0 cm³/mol. The van der Waals surface area contributed by atoms with E-state index >= 15 is 0 Å². The molecule has 0 aliphatic heterocycles. The summed E-state index contributed by atoms with van der Waals surface area (Å²) < 4.78 is 0. The molecule has 1 N–H and O–H groups in total. The summed E-state index contributed by atoms with van der Waals surface area (Å²) in [5, 5.41) is 7.93. The summed E-state index contributed by atoms with van der Waals surface area (Å²) in [6.45, 7) is 1.17. The molecule has 0 spiro atoms. The molecule has 0 bridgehead atoms. The molecule has 10 heavy (non-hydrogen) atoms. The first-order valence-electron chi connectivity index (χ1n) is 2.29. The number of Topliss-reactive ketones (excluding diaryl/α,β-unsaturated/α-hetero) is 2. The van der Waals surface area contributed by atoms with Crippen LogP contribution in [0.2, 0.25) is 0 Å². The number of hydrogen-bond acceptors (Lipinski definition) is 3. The molecule has 4 nitrogen and oxygen atoms in total. The fourth-order valence-corrected chi connectivity index (χ4v) is 0.302. The van der Waals surface area contributed by atoms with Gasteiger partial charge in [0.2, 0.25) is 5.78 Å². The minimum atomic E-state index is -1.55. The molecular weight excluding hydrogens is 155 g/mol. The van der Waals surface area contributed by atoms with Crippen LogP contribution >= 0.6 is 9.90 Å². The number of carbonyl (C=O) groups excluding carboxylic acids is 2. The van der Waals surface area contributed by atoms with Crippen LogP contribution in [0.4, 0.5) is 0 Å². The van der Waals surface area contributed by atoms with E-state index in [1.54, 1.807) is 0 Å². The molecule has 0 saturated carbocycles. The van der Waals surface area contributed by atoms with Crippen molar-refractivity contribution in [2.24, 2.45) is 0 Å². The molecule has 5 heteroatoms. The molecule has 1 atom stereocenters. The Morgan fingerprint density at radius 2 is 1.70 bits per heavy atom. The van der Waals surface area contributed by atoms with Gasteiger partial charge in [-0.2, -0.15) is 9.90 Å². The van der Waals surface area contributed by atoms with Gasteiger partial charge in [-0.15, -0.1) is 0 Å². The Bertz CT molecular complexity index is 163. The molecule has 0 saturated heterocycles. The van der Waals surface area contributed by atoms with Gasteiger partial charge in [0.25, 0.3) is 0 Å². The highest BCUT2D eigenvalue weighted by atomic mass is 31.0. The second-order valence-electron chi connectivity index (χ2n) is 1.61. The third-order valence-corrected chi connectivity index (χ3v) is 0.648. The first-order chi connectivity index (χ1) is 4.04. The summed E-state index contributed by atoms with van der Waals surface area (Å²) in [5.41, 5.74) is 0. The first-order valence-corrected chi connectivity index (χ1v) is 2.29. The van der Waals surface area contributed by atoms with Crippen molar-refractivity contribution in [2.75, 3.05) is 0 Å². The minimum Gasteiger partial charge on any atom is -0.475 e. The highest BCUT2D eigenvalue weighted by molar-refractivity contribution is 6.92. The SMILES string of the molecule is CC(=O)CC(=O)C(=O)O.P. The molecule has 0 amide bonds. The van der Waals surface area contributed by atoms with Gasteiger partial charge < -0.3 is 5.11 Å². The van der Waals surface area contributed by atoms with Crippen molar-refractivity contribution >= 4 is 27.4 Å². The van der Waals surface area contributed by atoms with E-state index in [1.165, 1.54) is 6.92 Å². The van der Waals surface area contributed by atoms with E-state index in [0.29, 0.717) is 0 Å². The lowest BCUT2D eigenvalue weighted by molar-refractivity contribution is -0.150. The summed E-state index contributed by atoms with van der Waals surface area (Å²) >= 11 is 0. The van der Waals surface area contributed by atoms with E-state index in [4.69, 9.17) is 5.11 Å². The van der Waals surface area contributed by atoms with Crippen LogP contribution in [0.15, 0.2) is 0 Å². The topological polar surface area (TPSA) is 71.4 Å². The van der Waals surface area contributed by atoms with Crippen LogP contribution in [0.5, 0.6) is 0 Å². The highest BCUT2D eigenvalue weighted by Gasteiger charge is 2.12. The average molecular weight is 164 g/mol. The standard InChI is InChI=1S/C5H6O4.H3P/c1-3(6)2-4(7)5(8)9;/h2H2,1H3,(H,8,9);1H3. The third kappa shape index (κ3) is 5.38. The molecular formula is C5H9O4P. The second kappa shape index (κ2) is 5.06.